The van der Waals surface area contributed by atoms with Gasteiger partial charge in [0.05, 0.1) is 24.7 Å². The number of halogens is 2. The standard InChI is InChI=1S/C15H23BrN2O3.ClH/c1-15(2,3)13(17)14(19)18-8-9-6-10(16)12(21-5)11(7-9)20-4;/h6-7,13H,8,17H2,1-5H3,(H,18,19);1H/t13-;/m1./s1. The molecule has 3 N–H and O–H groups in total. The van der Waals surface area contributed by atoms with Gasteiger partial charge >= 0.3 is 0 Å². The molecule has 0 aliphatic heterocycles. The SMILES string of the molecule is COc1cc(CNC(=O)[C@@H](N)C(C)(C)C)cc(Br)c1OC.Cl. The first kappa shape index (κ1) is 21.0. The fraction of sp³-hybridized carbons (Fsp3) is 0.533. The van der Waals surface area contributed by atoms with Crippen molar-refractivity contribution in [3.8, 4) is 11.5 Å². The topological polar surface area (TPSA) is 73.6 Å². The van der Waals surface area contributed by atoms with E-state index in [1.807, 2.05) is 32.9 Å². The van der Waals surface area contributed by atoms with Gasteiger partial charge in [-0.05, 0) is 39.0 Å². The van der Waals surface area contributed by atoms with Crippen molar-refractivity contribution in [1.29, 1.82) is 0 Å². The monoisotopic (exact) mass is 394 g/mol. The van der Waals surface area contributed by atoms with Gasteiger partial charge in [0.25, 0.3) is 0 Å². The number of nitrogens with one attached hydrogen (secondary N) is 1. The van der Waals surface area contributed by atoms with E-state index in [9.17, 15) is 4.79 Å². The summed E-state index contributed by atoms with van der Waals surface area (Å²) in [5, 5.41) is 2.84. The molecule has 0 saturated heterocycles. The third-order valence-corrected chi connectivity index (χ3v) is 3.76. The molecule has 0 unspecified atom stereocenters. The van der Waals surface area contributed by atoms with Crippen LogP contribution in [0.25, 0.3) is 0 Å². The van der Waals surface area contributed by atoms with Gasteiger partial charge in [0, 0.05) is 6.54 Å². The number of methoxy groups -OCH3 is 2. The molecule has 0 spiro atoms. The zero-order chi connectivity index (χ0) is 16.2. The summed E-state index contributed by atoms with van der Waals surface area (Å²) >= 11 is 3.42. The number of benzene rings is 1. The van der Waals surface area contributed by atoms with Crippen molar-refractivity contribution in [2.45, 2.75) is 33.4 Å². The lowest BCUT2D eigenvalue weighted by atomic mass is 9.87. The van der Waals surface area contributed by atoms with Crippen LogP contribution in [0, 0.1) is 5.41 Å². The maximum atomic E-state index is 12.0. The van der Waals surface area contributed by atoms with Gasteiger partial charge in [-0.1, -0.05) is 20.8 Å². The van der Waals surface area contributed by atoms with Gasteiger partial charge in [-0.3, -0.25) is 4.79 Å². The van der Waals surface area contributed by atoms with E-state index in [0.29, 0.717) is 18.0 Å². The molecule has 126 valence electrons. The molecule has 5 nitrogen and oxygen atoms in total. The van der Waals surface area contributed by atoms with Gasteiger partial charge in [-0.25, -0.2) is 0 Å². The van der Waals surface area contributed by atoms with E-state index in [4.69, 9.17) is 15.2 Å². The molecule has 1 amide bonds. The number of hydrogen-bond donors (Lipinski definition) is 2. The van der Waals surface area contributed by atoms with Crippen molar-refractivity contribution in [3.63, 3.8) is 0 Å². The zero-order valence-corrected chi connectivity index (χ0v) is 15.9. The second-order valence-electron chi connectivity index (χ2n) is 5.87. The highest BCUT2D eigenvalue weighted by molar-refractivity contribution is 9.10. The number of amides is 1. The summed E-state index contributed by atoms with van der Waals surface area (Å²) in [6.07, 6.45) is 0. The Kier molecular flexibility index (Phi) is 8.22. The molecule has 0 heterocycles. The second kappa shape index (κ2) is 8.60. The van der Waals surface area contributed by atoms with Crippen LogP contribution in [0.15, 0.2) is 16.6 Å². The molecule has 0 aliphatic rings. The van der Waals surface area contributed by atoms with Gasteiger partial charge in [-0.2, -0.15) is 0 Å². The highest BCUT2D eigenvalue weighted by Gasteiger charge is 2.27. The van der Waals surface area contributed by atoms with Crippen LogP contribution >= 0.6 is 28.3 Å². The van der Waals surface area contributed by atoms with E-state index in [0.717, 1.165) is 10.0 Å². The van der Waals surface area contributed by atoms with Crippen molar-refractivity contribution < 1.29 is 14.3 Å². The molecular weight excluding hydrogens is 372 g/mol. The number of ether oxygens (including phenoxy) is 2. The molecule has 0 aliphatic carbocycles. The van der Waals surface area contributed by atoms with Gasteiger partial charge in [0.2, 0.25) is 5.91 Å². The Morgan fingerprint density at radius 3 is 2.36 bits per heavy atom. The minimum absolute atomic E-state index is 0. The predicted molar refractivity (Wildman–Crippen MR) is 93.8 cm³/mol. The summed E-state index contributed by atoms with van der Waals surface area (Å²) in [6, 6.07) is 3.15. The Morgan fingerprint density at radius 1 is 1.32 bits per heavy atom. The summed E-state index contributed by atoms with van der Waals surface area (Å²) in [5.74, 6) is 1.06. The average Bonchev–Trinajstić information content (AvgIpc) is 2.42. The molecule has 1 rings (SSSR count). The lowest BCUT2D eigenvalue weighted by Gasteiger charge is -2.25. The van der Waals surface area contributed by atoms with Gasteiger partial charge in [0.15, 0.2) is 11.5 Å². The van der Waals surface area contributed by atoms with Crippen LogP contribution in [0.1, 0.15) is 26.3 Å². The Bertz CT molecular complexity index is 518. The predicted octanol–water partition coefficient (Wildman–Crippen LogP) is 2.88. The van der Waals surface area contributed by atoms with Crippen molar-refractivity contribution in [3.05, 3.63) is 22.2 Å². The summed E-state index contributed by atoms with van der Waals surface area (Å²) in [4.78, 5) is 12.0. The third-order valence-electron chi connectivity index (χ3n) is 3.18. The lowest BCUT2D eigenvalue weighted by Crippen LogP contribution is -2.48. The molecule has 0 aromatic heterocycles. The molecule has 0 bridgehead atoms. The van der Waals surface area contributed by atoms with E-state index < -0.39 is 6.04 Å². The Labute approximate surface area is 146 Å². The number of hydrogen-bond acceptors (Lipinski definition) is 4. The molecule has 1 aromatic carbocycles. The largest absolute Gasteiger partial charge is 0.493 e. The summed E-state index contributed by atoms with van der Waals surface area (Å²) in [6.45, 7) is 6.18. The first-order valence-corrected chi connectivity index (χ1v) is 7.43. The van der Waals surface area contributed by atoms with Gasteiger partial charge in [-0.15, -0.1) is 12.4 Å². The molecule has 1 atom stereocenters. The van der Waals surface area contributed by atoms with Crippen LogP contribution in [0.2, 0.25) is 0 Å². The minimum atomic E-state index is -0.555. The molecule has 7 heteroatoms. The van der Waals surface area contributed by atoms with Crippen LogP contribution in [-0.2, 0) is 11.3 Å². The fourth-order valence-electron chi connectivity index (χ4n) is 1.77. The maximum absolute atomic E-state index is 12.0. The smallest absolute Gasteiger partial charge is 0.237 e. The highest BCUT2D eigenvalue weighted by atomic mass is 79.9. The fourth-order valence-corrected chi connectivity index (χ4v) is 2.42. The van der Waals surface area contributed by atoms with E-state index in [-0.39, 0.29) is 23.7 Å². The number of carbonyl (C=O) groups is 1. The minimum Gasteiger partial charge on any atom is -0.493 e. The number of carbonyl (C=O) groups excluding carboxylic acids is 1. The molecule has 0 saturated carbocycles. The quantitative estimate of drug-likeness (QED) is 0.804. The van der Waals surface area contributed by atoms with Crippen molar-refractivity contribution in [1.82, 2.24) is 5.32 Å². The molecular formula is C15H24BrClN2O3. The first-order valence-electron chi connectivity index (χ1n) is 6.64. The Balaban J connectivity index is 0.00000441. The maximum Gasteiger partial charge on any atom is 0.237 e. The lowest BCUT2D eigenvalue weighted by molar-refractivity contribution is -0.124. The van der Waals surface area contributed by atoms with Crippen LogP contribution < -0.4 is 20.5 Å². The molecule has 0 radical (unpaired) electrons. The van der Waals surface area contributed by atoms with E-state index in [1.54, 1.807) is 14.2 Å². The summed E-state index contributed by atoms with van der Waals surface area (Å²) < 4.78 is 11.3. The molecule has 22 heavy (non-hydrogen) atoms. The normalized spacial score (nSPS) is 12.1. The van der Waals surface area contributed by atoms with E-state index in [2.05, 4.69) is 21.2 Å². The Morgan fingerprint density at radius 2 is 1.91 bits per heavy atom. The second-order valence-corrected chi connectivity index (χ2v) is 6.73. The highest BCUT2D eigenvalue weighted by Crippen LogP contribution is 2.36. The zero-order valence-electron chi connectivity index (χ0n) is 13.5. The first-order chi connectivity index (χ1) is 9.70. The van der Waals surface area contributed by atoms with Crippen molar-refractivity contribution in [2.24, 2.45) is 11.1 Å². The number of rotatable bonds is 5. The third kappa shape index (κ3) is 5.34. The van der Waals surface area contributed by atoms with Crippen LogP contribution in [0.5, 0.6) is 11.5 Å². The van der Waals surface area contributed by atoms with Crippen LogP contribution in [0.4, 0.5) is 0 Å². The van der Waals surface area contributed by atoms with Crippen LogP contribution in [0.3, 0.4) is 0 Å². The molecule has 1 aromatic rings. The number of nitrogens with two attached hydrogens (primary N) is 1. The average molecular weight is 396 g/mol. The van der Waals surface area contributed by atoms with E-state index >= 15 is 0 Å². The summed E-state index contributed by atoms with van der Waals surface area (Å²) in [7, 11) is 3.15. The van der Waals surface area contributed by atoms with Crippen molar-refractivity contribution in [2.75, 3.05) is 14.2 Å². The van der Waals surface area contributed by atoms with Crippen molar-refractivity contribution >= 4 is 34.2 Å². The van der Waals surface area contributed by atoms with E-state index in [1.165, 1.54) is 0 Å². The van der Waals surface area contributed by atoms with Crippen LogP contribution in [-0.4, -0.2) is 26.2 Å². The van der Waals surface area contributed by atoms with Gasteiger partial charge < -0.3 is 20.5 Å². The molecule has 0 fully saturated rings. The van der Waals surface area contributed by atoms with Gasteiger partial charge in [0.1, 0.15) is 0 Å². The summed E-state index contributed by atoms with van der Waals surface area (Å²) in [5.41, 5.74) is 6.55. The Hall–Kier alpha value is -0.980.